The maximum absolute atomic E-state index is 13.2. The largest absolute Gasteiger partial charge is 0.444 e. The van der Waals surface area contributed by atoms with Gasteiger partial charge in [0.05, 0.1) is 0 Å². The van der Waals surface area contributed by atoms with Crippen LogP contribution in [0.25, 0.3) is 11.1 Å². The molecule has 1 fully saturated rings. The van der Waals surface area contributed by atoms with Gasteiger partial charge in [-0.05, 0) is 49.6 Å². The fraction of sp³-hybridized carbons (Fsp3) is 0.462. The van der Waals surface area contributed by atoms with Gasteiger partial charge in [0.25, 0.3) is 0 Å². The molecule has 1 saturated heterocycles. The molecular weight excluding hydrogens is 407 g/mol. The van der Waals surface area contributed by atoms with E-state index >= 15 is 0 Å². The van der Waals surface area contributed by atoms with Crippen LogP contribution in [0.2, 0.25) is 0 Å². The first-order chi connectivity index (χ1) is 14.8. The Balaban J connectivity index is 1.89. The summed E-state index contributed by atoms with van der Waals surface area (Å²) >= 11 is 0. The third-order valence-electron chi connectivity index (χ3n) is 5.54. The predicted molar refractivity (Wildman–Crippen MR) is 123 cm³/mol. The molecule has 6 heteroatoms. The molecule has 0 unspecified atom stereocenters. The van der Waals surface area contributed by atoms with Crippen LogP contribution < -0.4 is 0 Å². The summed E-state index contributed by atoms with van der Waals surface area (Å²) in [5, 5.41) is 0. The zero-order valence-corrected chi connectivity index (χ0v) is 20.0. The molecule has 32 heavy (non-hydrogen) atoms. The predicted octanol–water partition coefficient (Wildman–Crippen LogP) is 5.49. The minimum absolute atomic E-state index is 0.0987. The van der Waals surface area contributed by atoms with E-state index in [9.17, 15) is 14.0 Å². The molecule has 0 radical (unpaired) electrons. The first-order valence-electron chi connectivity index (χ1n) is 10.9. The van der Waals surface area contributed by atoms with Gasteiger partial charge in [0.1, 0.15) is 23.6 Å². The first kappa shape index (κ1) is 23.8. The van der Waals surface area contributed by atoms with E-state index in [1.165, 1.54) is 12.1 Å². The molecule has 0 spiro atoms. The van der Waals surface area contributed by atoms with E-state index in [4.69, 9.17) is 4.74 Å². The second-order valence-corrected chi connectivity index (χ2v) is 10.5. The van der Waals surface area contributed by atoms with E-state index in [-0.39, 0.29) is 17.1 Å². The van der Waals surface area contributed by atoms with Crippen LogP contribution >= 0.6 is 0 Å². The number of carbonyl (C=O) groups excluding carboxylic acids is 2. The summed E-state index contributed by atoms with van der Waals surface area (Å²) in [6.45, 7) is 11.5. The fourth-order valence-corrected chi connectivity index (χ4v) is 4.26. The van der Waals surface area contributed by atoms with Gasteiger partial charge in [-0.2, -0.15) is 0 Å². The van der Waals surface area contributed by atoms with Crippen molar-refractivity contribution < 1.29 is 18.7 Å². The van der Waals surface area contributed by atoms with Crippen LogP contribution in [0.3, 0.4) is 0 Å². The maximum Gasteiger partial charge on any atom is 0.412 e. The molecule has 3 rings (SSSR count). The molecule has 0 bridgehead atoms. The molecule has 5 nitrogen and oxygen atoms in total. The molecule has 0 aromatic heterocycles. The molecule has 172 valence electrons. The summed E-state index contributed by atoms with van der Waals surface area (Å²) in [6, 6.07) is 13.5. The zero-order chi connectivity index (χ0) is 23.8. The van der Waals surface area contributed by atoms with Crippen molar-refractivity contribution >= 4 is 12.0 Å². The Hall–Kier alpha value is -2.89. The maximum atomic E-state index is 13.2. The van der Waals surface area contributed by atoms with Crippen LogP contribution in [0.15, 0.2) is 48.5 Å². The number of nitrogens with zero attached hydrogens (tertiary/aromatic N) is 2. The molecule has 0 N–H and O–H groups in total. The standard InChI is InChI=1S/C26H33FN2O3/c1-25(2,3)23-28(7)22(30)21(29(23)24(31)32-26(4,5)6)16-17-8-10-18(11-9-17)19-12-14-20(27)15-13-19/h8-15,21,23H,16H2,1-7H3/t21-,23+/m1/s1. The zero-order valence-electron chi connectivity index (χ0n) is 20.0. The smallest absolute Gasteiger partial charge is 0.412 e. The summed E-state index contributed by atoms with van der Waals surface area (Å²) in [4.78, 5) is 29.6. The van der Waals surface area contributed by atoms with Gasteiger partial charge in [-0.15, -0.1) is 0 Å². The Labute approximate surface area is 190 Å². The number of benzene rings is 2. The molecule has 2 atom stereocenters. The van der Waals surface area contributed by atoms with Gasteiger partial charge in [-0.3, -0.25) is 9.69 Å². The highest BCUT2D eigenvalue weighted by Gasteiger charge is 2.52. The third kappa shape index (κ3) is 5.12. The lowest BCUT2D eigenvalue weighted by atomic mass is 9.91. The molecule has 2 aromatic carbocycles. The Morgan fingerprint density at radius 2 is 1.44 bits per heavy atom. The quantitative estimate of drug-likeness (QED) is 0.635. The number of hydrogen-bond donors (Lipinski definition) is 0. The third-order valence-corrected chi connectivity index (χ3v) is 5.54. The minimum atomic E-state index is -0.662. The number of likely N-dealkylation sites (N-methyl/N-ethyl adjacent to an activating group) is 1. The number of carbonyl (C=O) groups is 2. The van der Waals surface area contributed by atoms with Crippen LogP contribution in [-0.2, 0) is 16.0 Å². The van der Waals surface area contributed by atoms with Gasteiger partial charge in [-0.1, -0.05) is 57.2 Å². The Bertz CT molecular complexity index is 972. The van der Waals surface area contributed by atoms with E-state index < -0.39 is 23.9 Å². The van der Waals surface area contributed by atoms with Crippen LogP contribution in [0.5, 0.6) is 0 Å². The highest BCUT2D eigenvalue weighted by atomic mass is 19.1. The SMILES string of the molecule is CN1C(=O)[C@@H](Cc2ccc(-c3ccc(F)cc3)cc2)N(C(=O)OC(C)(C)C)[C@H]1C(C)(C)C. The highest BCUT2D eigenvalue weighted by Crippen LogP contribution is 2.36. The van der Waals surface area contributed by atoms with Gasteiger partial charge in [0.15, 0.2) is 0 Å². The summed E-state index contributed by atoms with van der Waals surface area (Å²) in [5.74, 6) is -0.372. The van der Waals surface area contributed by atoms with Crippen molar-refractivity contribution in [3.63, 3.8) is 0 Å². The number of rotatable bonds is 3. The van der Waals surface area contributed by atoms with Gasteiger partial charge in [-0.25, -0.2) is 9.18 Å². The fourth-order valence-electron chi connectivity index (χ4n) is 4.26. The van der Waals surface area contributed by atoms with Crippen molar-refractivity contribution in [2.75, 3.05) is 7.05 Å². The van der Waals surface area contributed by atoms with Crippen molar-refractivity contribution in [1.82, 2.24) is 9.80 Å². The lowest BCUT2D eigenvalue weighted by Gasteiger charge is -2.39. The molecule has 1 heterocycles. The van der Waals surface area contributed by atoms with Crippen molar-refractivity contribution in [2.24, 2.45) is 5.41 Å². The topological polar surface area (TPSA) is 49.9 Å². The summed E-state index contributed by atoms with van der Waals surface area (Å²) in [6.07, 6.45) is -0.505. The minimum Gasteiger partial charge on any atom is -0.444 e. The lowest BCUT2D eigenvalue weighted by molar-refractivity contribution is -0.129. The van der Waals surface area contributed by atoms with E-state index in [1.807, 2.05) is 65.8 Å². The van der Waals surface area contributed by atoms with Crippen molar-refractivity contribution in [3.8, 4) is 11.1 Å². The average Bonchev–Trinajstić information content (AvgIpc) is 2.93. The second kappa shape index (κ2) is 8.57. The summed E-state index contributed by atoms with van der Waals surface area (Å²) < 4.78 is 18.9. The van der Waals surface area contributed by atoms with E-state index in [2.05, 4.69) is 0 Å². The molecule has 0 saturated carbocycles. The molecule has 2 amide bonds. The van der Waals surface area contributed by atoms with Gasteiger partial charge < -0.3 is 9.64 Å². The van der Waals surface area contributed by atoms with Gasteiger partial charge in [0.2, 0.25) is 5.91 Å². The summed E-state index contributed by atoms with van der Waals surface area (Å²) in [5.41, 5.74) is 1.80. The van der Waals surface area contributed by atoms with Crippen LogP contribution in [0.1, 0.15) is 47.1 Å². The number of amides is 2. The van der Waals surface area contributed by atoms with Crippen molar-refractivity contribution in [3.05, 3.63) is 59.9 Å². The van der Waals surface area contributed by atoms with Gasteiger partial charge in [0, 0.05) is 18.9 Å². The van der Waals surface area contributed by atoms with Crippen molar-refractivity contribution in [2.45, 2.75) is 65.8 Å². The van der Waals surface area contributed by atoms with Crippen LogP contribution in [-0.4, -0.2) is 46.7 Å². The Morgan fingerprint density at radius 1 is 0.938 bits per heavy atom. The van der Waals surface area contributed by atoms with Crippen LogP contribution in [0.4, 0.5) is 9.18 Å². The van der Waals surface area contributed by atoms with E-state index in [1.54, 1.807) is 29.0 Å². The normalized spacial score (nSPS) is 19.4. The first-order valence-corrected chi connectivity index (χ1v) is 10.9. The van der Waals surface area contributed by atoms with E-state index in [0.29, 0.717) is 6.42 Å². The Morgan fingerprint density at radius 3 is 1.91 bits per heavy atom. The Kier molecular flexibility index (Phi) is 6.36. The van der Waals surface area contributed by atoms with Crippen LogP contribution in [0, 0.1) is 11.2 Å². The molecular formula is C26H33FN2O3. The summed E-state index contributed by atoms with van der Waals surface area (Å²) in [7, 11) is 1.74. The van der Waals surface area contributed by atoms with Crippen molar-refractivity contribution in [1.29, 1.82) is 0 Å². The number of hydrogen-bond acceptors (Lipinski definition) is 3. The average molecular weight is 441 g/mol. The number of ether oxygens (including phenoxy) is 1. The second-order valence-electron chi connectivity index (χ2n) is 10.5. The molecule has 0 aliphatic carbocycles. The monoisotopic (exact) mass is 440 g/mol. The molecule has 2 aromatic rings. The van der Waals surface area contributed by atoms with E-state index in [0.717, 1.165) is 16.7 Å². The van der Waals surface area contributed by atoms with Gasteiger partial charge >= 0.3 is 6.09 Å². The molecule has 1 aliphatic heterocycles. The highest BCUT2D eigenvalue weighted by molar-refractivity contribution is 5.89. The molecule has 1 aliphatic rings. The lowest BCUT2D eigenvalue weighted by Crippen LogP contribution is -2.52. The number of halogens is 1.